The molecule has 2 rings (SSSR count). The van der Waals surface area contributed by atoms with Crippen molar-refractivity contribution < 1.29 is 29.1 Å². The maximum atomic E-state index is 12.8. The minimum atomic E-state index is -1.02. The van der Waals surface area contributed by atoms with E-state index in [9.17, 15) is 9.59 Å². The number of rotatable bonds is 16. The second-order valence-corrected chi connectivity index (χ2v) is 10.5. The van der Waals surface area contributed by atoms with Gasteiger partial charge in [0.05, 0.1) is 11.1 Å². The van der Waals surface area contributed by atoms with E-state index in [-0.39, 0.29) is 0 Å². The quantitative estimate of drug-likeness (QED) is 0.0943. The number of carbonyl (C=O) groups is 2. The summed E-state index contributed by atoms with van der Waals surface area (Å²) >= 11 is 0. The third-order valence-electron chi connectivity index (χ3n) is 6.77. The monoisotopic (exact) mass is 526 g/mol. The standard InChI is InChI=1S/C32H46O6/c1-8-9-10-11-12-13-14-15-16-17-28(35-37-31(33)29-24(4)18-22(2)19-25(29)5)36-38-32(34)30-26(6)20-23(3)21-27(30)7/h18-21,28H,8-17H2,1-7H3. The van der Waals surface area contributed by atoms with Crippen molar-refractivity contribution in [3.05, 3.63) is 68.8 Å². The molecule has 0 aromatic heterocycles. The molecule has 210 valence electrons. The van der Waals surface area contributed by atoms with Gasteiger partial charge in [0.2, 0.25) is 6.29 Å². The Morgan fingerprint density at radius 2 is 0.921 bits per heavy atom. The van der Waals surface area contributed by atoms with Crippen LogP contribution in [0, 0.1) is 41.5 Å². The van der Waals surface area contributed by atoms with E-state index in [0.29, 0.717) is 17.5 Å². The van der Waals surface area contributed by atoms with Crippen LogP contribution in [-0.4, -0.2) is 18.2 Å². The second-order valence-electron chi connectivity index (χ2n) is 10.5. The first-order valence-electron chi connectivity index (χ1n) is 14.0. The highest BCUT2D eigenvalue weighted by Crippen LogP contribution is 2.21. The Hall–Kier alpha value is -2.70. The smallest absolute Gasteiger partial charge is 0.290 e. The Morgan fingerprint density at radius 3 is 1.29 bits per heavy atom. The largest absolute Gasteiger partial charge is 0.373 e. The predicted molar refractivity (Wildman–Crippen MR) is 150 cm³/mol. The van der Waals surface area contributed by atoms with Gasteiger partial charge in [-0.1, -0.05) is 93.7 Å². The summed E-state index contributed by atoms with van der Waals surface area (Å²) in [5.41, 5.74) is 6.29. The highest BCUT2D eigenvalue weighted by atomic mass is 17.3. The van der Waals surface area contributed by atoms with E-state index in [1.807, 2.05) is 65.8 Å². The van der Waals surface area contributed by atoms with Gasteiger partial charge in [-0.25, -0.2) is 9.59 Å². The highest BCUT2D eigenvalue weighted by Gasteiger charge is 2.23. The van der Waals surface area contributed by atoms with Crippen LogP contribution in [0.25, 0.3) is 0 Å². The highest BCUT2D eigenvalue weighted by molar-refractivity contribution is 5.93. The summed E-state index contributed by atoms with van der Waals surface area (Å²) in [6.45, 7) is 13.6. The average molecular weight is 527 g/mol. The summed E-state index contributed by atoms with van der Waals surface area (Å²) in [6.07, 6.45) is 9.88. The average Bonchev–Trinajstić information content (AvgIpc) is 2.82. The van der Waals surface area contributed by atoms with Crippen molar-refractivity contribution in [3.63, 3.8) is 0 Å². The molecule has 0 unspecified atom stereocenters. The number of aryl methyl sites for hydroxylation is 6. The van der Waals surface area contributed by atoms with Gasteiger partial charge in [-0.15, -0.1) is 9.78 Å². The van der Waals surface area contributed by atoms with Crippen molar-refractivity contribution in [3.8, 4) is 0 Å². The Kier molecular flexibility index (Phi) is 13.5. The number of hydrogen-bond acceptors (Lipinski definition) is 6. The minimum absolute atomic E-state index is 0.425. The molecule has 0 heterocycles. The first kappa shape index (κ1) is 31.5. The number of benzene rings is 2. The molecule has 6 nitrogen and oxygen atoms in total. The Morgan fingerprint density at radius 1 is 0.579 bits per heavy atom. The molecule has 0 amide bonds. The number of carbonyl (C=O) groups excluding carboxylic acids is 2. The molecule has 0 saturated heterocycles. The third kappa shape index (κ3) is 10.2. The summed E-state index contributed by atoms with van der Waals surface area (Å²) in [6, 6.07) is 7.70. The number of unbranched alkanes of at least 4 members (excludes halogenated alkanes) is 8. The molecule has 0 spiro atoms. The molecule has 0 aliphatic heterocycles. The summed E-state index contributed by atoms with van der Waals surface area (Å²) in [7, 11) is 0. The predicted octanol–water partition coefficient (Wildman–Crippen LogP) is 8.66. The lowest BCUT2D eigenvalue weighted by Gasteiger charge is -2.17. The maximum absolute atomic E-state index is 12.8. The number of hydrogen-bond donors (Lipinski definition) is 0. The fourth-order valence-electron chi connectivity index (χ4n) is 5.02. The lowest BCUT2D eigenvalue weighted by Crippen LogP contribution is -2.23. The van der Waals surface area contributed by atoms with Crippen molar-refractivity contribution >= 4 is 11.9 Å². The van der Waals surface area contributed by atoms with Crippen LogP contribution in [-0.2, 0) is 19.6 Å². The molecule has 0 saturated carbocycles. The first-order valence-corrected chi connectivity index (χ1v) is 14.0. The van der Waals surface area contributed by atoms with E-state index in [0.717, 1.165) is 52.6 Å². The molecule has 0 bridgehead atoms. The molecule has 2 aromatic carbocycles. The van der Waals surface area contributed by atoms with Crippen molar-refractivity contribution in [1.29, 1.82) is 0 Å². The first-order chi connectivity index (χ1) is 18.1. The lowest BCUT2D eigenvalue weighted by atomic mass is 10.0. The van der Waals surface area contributed by atoms with Crippen molar-refractivity contribution in [2.24, 2.45) is 0 Å². The van der Waals surface area contributed by atoms with Crippen LogP contribution in [0.15, 0.2) is 24.3 Å². The van der Waals surface area contributed by atoms with Crippen molar-refractivity contribution in [1.82, 2.24) is 0 Å². The lowest BCUT2D eigenvalue weighted by molar-refractivity contribution is -0.421. The Bertz CT molecular complexity index is 938. The molecule has 0 N–H and O–H groups in total. The zero-order chi connectivity index (χ0) is 28.1. The fourth-order valence-corrected chi connectivity index (χ4v) is 5.02. The van der Waals surface area contributed by atoms with Crippen LogP contribution in [0.4, 0.5) is 0 Å². The van der Waals surface area contributed by atoms with Crippen LogP contribution in [0.5, 0.6) is 0 Å². The fraction of sp³-hybridized carbons (Fsp3) is 0.562. The minimum Gasteiger partial charge on any atom is -0.290 e. The van der Waals surface area contributed by atoms with Crippen LogP contribution >= 0.6 is 0 Å². The van der Waals surface area contributed by atoms with Gasteiger partial charge in [-0.05, 0) is 70.2 Å². The topological polar surface area (TPSA) is 71.1 Å². The van der Waals surface area contributed by atoms with Gasteiger partial charge in [0, 0.05) is 6.42 Å². The van der Waals surface area contributed by atoms with Gasteiger partial charge in [-0.2, -0.15) is 0 Å². The van der Waals surface area contributed by atoms with E-state index in [4.69, 9.17) is 19.6 Å². The van der Waals surface area contributed by atoms with Gasteiger partial charge in [-0.3, -0.25) is 9.78 Å². The Labute approximate surface area is 228 Å². The van der Waals surface area contributed by atoms with Gasteiger partial charge >= 0.3 is 11.9 Å². The van der Waals surface area contributed by atoms with E-state index >= 15 is 0 Å². The summed E-state index contributed by atoms with van der Waals surface area (Å²) in [4.78, 5) is 46.7. The van der Waals surface area contributed by atoms with Gasteiger partial charge in [0.25, 0.3) is 0 Å². The van der Waals surface area contributed by atoms with E-state index in [2.05, 4.69) is 6.92 Å². The molecule has 0 aliphatic carbocycles. The Balaban J connectivity index is 1.96. The third-order valence-corrected chi connectivity index (χ3v) is 6.77. The normalized spacial score (nSPS) is 11.2. The molecular weight excluding hydrogens is 480 g/mol. The summed E-state index contributed by atoms with van der Waals surface area (Å²) in [5, 5.41) is 0. The maximum Gasteiger partial charge on any atom is 0.373 e. The molecule has 0 aliphatic rings. The van der Waals surface area contributed by atoms with Crippen LogP contribution in [0.1, 0.15) is 125 Å². The zero-order valence-corrected chi connectivity index (χ0v) is 24.4. The van der Waals surface area contributed by atoms with Gasteiger partial charge in [0.15, 0.2) is 0 Å². The van der Waals surface area contributed by atoms with E-state index in [1.165, 1.54) is 38.5 Å². The zero-order valence-electron chi connectivity index (χ0n) is 24.4. The molecule has 6 heteroatoms. The molecule has 38 heavy (non-hydrogen) atoms. The van der Waals surface area contributed by atoms with Crippen LogP contribution < -0.4 is 0 Å². The molecule has 2 aromatic rings. The van der Waals surface area contributed by atoms with Crippen molar-refractivity contribution in [2.45, 2.75) is 119 Å². The SMILES string of the molecule is CCCCCCCCCCCC(OOC(=O)c1c(C)cc(C)cc1C)OOC(=O)c1c(C)cc(C)cc1C. The summed E-state index contributed by atoms with van der Waals surface area (Å²) in [5.74, 6) is -1.20. The molecule has 0 radical (unpaired) electrons. The van der Waals surface area contributed by atoms with Crippen LogP contribution in [0.3, 0.4) is 0 Å². The van der Waals surface area contributed by atoms with Gasteiger partial charge < -0.3 is 0 Å². The van der Waals surface area contributed by atoms with Crippen molar-refractivity contribution in [2.75, 3.05) is 0 Å². The van der Waals surface area contributed by atoms with Crippen LogP contribution in [0.2, 0.25) is 0 Å². The summed E-state index contributed by atoms with van der Waals surface area (Å²) < 4.78 is 0. The van der Waals surface area contributed by atoms with E-state index in [1.54, 1.807) is 0 Å². The molecular formula is C32H46O6. The van der Waals surface area contributed by atoms with Gasteiger partial charge in [0.1, 0.15) is 0 Å². The van der Waals surface area contributed by atoms with E-state index < -0.39 is 18.2 Å². The molecule has 0 atom stereocenters. The molecule has 0 fully saturated rings. The second kappa shape index (κ2) is 16.3.